The number of likely N-dealkylation sites (tertiary alicyclic amines) is 1. The molecule has 5 heteroatoms. The third-order valence-corrected chi connectivity index (χ3v) is 4.88. The smallest absolute Gasteiger partial charge is 0.228 e. The van der Waals surface area contributed by atoms with Gasteiger partial charge >= 0.3 is 0 Å². The molecular weight excluding hydrogens is 278 g/mol. The number of carbonyl (C=O) groups is 2. The van der Waals surface area contributed by atoms with Gasteiger partial charge in [-0.15, -0.1) is 0 Å². The molecule has 2 fully saturated rings. The third-order valence-electron chi connectivity index (χ3n) is 4.88. The predicted molar refractivity (Wildman–Crippen MR) is 85.5 cm³/mol. The van der Waals surface area contributed by atoms with Gasteiger partial charge in [-0.05, 0) is 37.5 Å². The second-order valence-corrected chi connectivity index (χ2v) is 6.46. The Bertz CT molecular complexity index is 614. The highest BCUT2D eigenvalue weighted by Crippen LogP contribution is 2.30. The van der Waals surface area contributed by atoms with Crippen LogP contribution in [-0.2, 0) is 9.59 Å². The Balaban J connectivity index is 1.76. The maximum absolute atomic E-state index is 12.6. The summed E-state index contributed by atoms with van der Waals surface area (Å²) in [5, 5.41) is 0. The van der Waals surface area contributed by atoms with Crippen molar-refractivity contribution in [2.75, 3.05) is 24.5 Å². The monoisotopic (exact) mass is 301 g/mol. The zero-order valence-electron chi connectivity index (χ0n) is 13.2. The maximum Gasteiger partial charge on any atom is 0.228 e. The quantitative estimate of drug-likeness (QED) is 0.893. The Morgan fingerprint density at radius 3 is 2.73 bits per heavy atom. The lowest BCUT2D eigenvalue weighted by Gasteiger charge is -2.22. The molecule has 0 aromatic heterocycles. The van der Waals surface area contributed by atoms with Crippen molar-refractivity contribution in [3.05, 3.63) is 29.3 Å². The number of anilines is 1. The Kier molecular flexibility index (Phi) is 3.91. The van der Waals surface area contributed by atoms with Gasteiger partial charge in [-0.25, -0.2) is 0 Å². The predicted octanol–water partition coefficient (Wildman–Crippen LogP) is 1.22. The van der Waals surface area contributed by atoms with E-state index in [-0.39, 0.29) is 23.8 Å². The summed E-state index contributed by atoms with van der Waals surface area (Å²) in [5.41, 5.74) is 9.06. The minimum absolute atomic E-state index is 0.0375. The first kappa shape index (κ1) is 15.0. The Morgan fingerprint density at radius 2 is 2.05 bits per heavy atom. The first-order valence-electron chi connectivity index (χ1n) is 7.88. The van der Waals surface area contributed by atoms with E-state index in [1.54, 1.807) is 4.90 Å². The van der Waals surface area contributed by atoms with Gasteiger partial charge in [-0.1, -0.05) is 12.1 Å². The van der Waals surface area contributed by atoms with Crippen LogP contribution in [0.25, 0.3) is 0 Å². The molecule has 1 aromatic carbocycles. The molecule has 0 bridgehead atoms. The number of hydrogen-bond acceptors (Lipinski definition) is 3. The molecule has 1 unspecified atom stereocenters. The average molecular weight is 301 g/mol. The number of rotatable bonds is 2. The van der Waals surface area contributed by atoms with Gasteiger partial charge in [0, 0.05) is 37.8 Å². The van der Waals surface area contributed by atoms with E-state index in [1.165, 1.54) is 0 Å². The van der Waals surface area contributed by atoms with E-state index >= 15 is 0 Å². The molecule has 118 valence electrons. The van der Waals surface area contributed by atoms with Crippen LogP contribution in [0.5, 0.6) is 0 Å². The number of amides is 2. The SMILES string of the molecule is Cc1cccc(N2CC(C(=O)N3CC[C@@H](N)C3)CC2=O)c1C. The van der Waals surface area contributed by atoms with Crippen molar-refractivity contribution in [2.24, 2.45) is 11.7 Å². The van der Waals surface area contributed by atoms with Crippen molar-refractivity contribution >= 4 is 17.5 Å². The van der Waals surface area contributed by atoms with E-state index in [1.807, 2.05) is 36.9 Å². The van der Waals surface area contributed by atoms with Gasteiger partial charge in [-0.3, -0.25) is 9.59 Å². The van der Waals surface area contributed by atoms with E-state index in [2.05, 4.69) is 0 Å². The van der Waals surface area contributed by atoms with Crippen LogP contribution < -0.4 is 10.6 Å². The molecule has 1 aromatic rings. The van der Waals surface area contributed by atoms with Crippen LogP contribution in [-0.4, -0.2) is 42.4 Å². The molecule has 2 aliphatic rings. The molecule has 3 rings (SSSR count). The summed E-state index contributed by atoms with van der Waals surface area (Å²) < 4.78 is 0. The van der Waals surface area contributed by atoms with Gasteiger partial charge in [0.25, 0.3) is 0 Å². The Morgan fingerprint density at radius 1 is 1.27 bits per heavy atom. The van der Waals surface area contributed by atoms with Crippen LogP contribution >= 0.6 is 0 Å². The lowest BCUT2D eigenvalue weighted by molar-refractivity contribution is -0.134. The summed E-state index contributed by atoms with van der Waals surface area (Å²) in [5.74, 6) is -0.123. The fraction of sp³-hybridized carbons (Fsp3) is 0.529. The normalized spacial score (nSPS) is 25.1. The largest absolute Gasteiger partial charge is 0.341 e. The van der Waals surface area contributed by atoms with Crippen molar-refractivity contribution in [3.8, 4) is 0 Å². The van der Waals surface area contributed by atoms with Crippen LogP contribution in [0, 0.1) is 19.8 Å². The molecule has 2 saturated heterocycles. The number of nitrogens with zero attached hydrogens (tertiary/aromatic N) is 2. The lowest BCUT2D eigenvalue weighted by atomic mass is 10.1. The zero-order valence-corrected chi connectivity index (χ0v) is 13.2. The highest BCUT2D eigenvalue weighted by molar-refractivity contribution is 6.01. The fourth-order valence-electron chi connectivity index (χ4n) is 3.38. The standard InChI is InChI=1S/C17H23N3O2/c1-11-4-3-5-15(12(11)2)20-9-13(8-16(20)21)17(22)19-7-6-14(18)10-19/h3-5,13-14H,6-10,18H2,1-2H3/t13?,14-/m1/s1. The molecule has 2 aliphatic heterocycles. The van der Waals surface area contributed by atoms with Crippen LogP contribution in [0.1, 0.15) is 24.0 Å². The second-order valence-electron chi connectivity index (χ2n) is 6.46. The second kappa shape index (κ2) is 5.72. The van der Waals surface area contributed by atoms with Gasteiger partial charge in [0.2, 0.25) is 11.8 Å². The van der Waals surface area contributed by atoms with E-state index in [0.29, 0.717) is 26.1 Å². The molecule has 0 aliphatic carbocycles. The summed E-state index contributed by atoms with van der Waals surface area (Å²) >= 11 is 0. The molecule has 2 heterocycles. The molecule has 0 spiro atoms. The fourth-order valence-corrected chi connectivity index (χ4v) is 3.38. The van der Waals surface area contributed by atoms with Gasteiger partial charge in [-0.2, -0.15) is 0 Å². The number of benzene rings is 1. The highest BCUT2D eigenvalue weighted by atomic mass is 16.2. The van der Waals surface area contributed by atoms with Crippen LogP contribution in [0.15, 0.2) is 18.2 Å². The summed E-state index contributed by atoms with van der Waals surface area (Å²) in [7, 11) is 0. The highest BCUT2D eigenvalue weighted by Gasteiger charge is 2.39. The molecule has 22 heavy (non-hydrogen) atoms. The molecule has 0 saturated carbocycles. The lowest BCUT2D eigenvalue weighted by Crippen LogP contribution is -2.37. The molecule has 0 radical (unpaired) electrons. The van der Waals surface area contributed by atoms with Gasteiger partial charge in [0.05, 0.1) is 5.92 Å². The van der Waals surface area contributed by atoms with E-state index in [9.17, 15) is 9.59 Å². The average Bonchev–Trinajstić information content (AvgIpc) is 3.08. The van der Waals surface area contributed by atoms with E-state index < -0.39 is 0 Å². The van der Waals surface area contributed by atoms with Gasteiger partial charge in [0.1, 0.15) is 0 Å². The first-order valence-corrected chi connectivity index (χ1v) is 7.88. The maximum atomic E-state index is 12.6. The van der Waals surface area contributed by atoms with Crippen molar-refractivity contribution < 1.29 is 9.59 Å². The van der Waals surface area contributed by atoms with Crippen LogP contribution in [0.2, 0.25) is 0 Å². The van der Waals surface area contributed by atoms with Crippen molar-refractivity contribution in [3.63, 3.8) is 0 Å². The minimum Gasteiger partial charge on any atom is -0.341 e. The number of aryl methyl sites for hydroxylation is 1. The van der Waals surface area contributed by atoms with Crippen molar-refractivity contribution in [2.45, 2.75) is 32.7 Å². The summed E-state index contributed by atoms with van der Waals surface area (Å²) in [6.45, 7) is 5.87. The minimum atomic E-state index is -0.238. The molecule has 2 atom stereocenters. The Labute approximate surface area is 131 Å². The van der Waals surface area contributed by atoms with Crippen LogP contribution in [0.3, 0.4) is 0 Å². The summed E-state index contributed by atoms with van der Waals surface area (Å²) in [6, 6.07) is 6.03. The molecule has 5 nitrogen and oxygen atoms in total. The molecular formula is C17H23N3O2. The summed E-state index contributed by atoms with van der Waals surface area (Å²) in [4.78, 5) is 28.5. The van der Waals surface area contributed by atoms with Gasteiger partial charge in [0.15, 0.2) is 0 Å². The van der Waals surface area contributed by atoms with Crippen molar-refractivity contribution in [1.82, 2.24) is 4.90 Å². The first-order chi connectivity index (χ1) is 10.5. The topological polar surface area (TPSA) is 66.6 Å². The van der Waals surface area contributed by atoms with Gasteiger partial charge < -0.3 is 15.5 Å². The van der Waals surface area contributed by atoms with E-state index in [0.717, 1.165) is 23.2 Å². The number of nitrogens with two attached hydrogens (primary N) is 1. The Hall–Kier alpha value is -1.88. The molecule has 2 amide bonds. The number of hydrogen-bond donors (Lipinski definition) is 1. The molecule has 2 N–H and O–H groups in total. The van der Waals surface area contributed by atoms with E-state index in [4.69, 9.17) is 5.73 Å². The third kappa shape index (κ3) is 2.61. The zero-order chi connectivity index (χ0) is 15.9. The number of carbonyl (C=O) groups excluding carboxylic acids is 2. The van der Waals surface area contributed by atoms with Crippen LogP contribution in [0.4, 0.5) is 5.69 Å². The summed E-state index contributed by atoms with van der Waals surface area (Å²) in [6.07, 6.45) is 1.16. The van der Waals surface area contributed by atoms with Crippen molar-refractivity contribution in [1.29, 1.82) is 0 Å².